The largest absolute Gasteiger partial charge is 0.444 e. The first-order valence-corrected chi connectivity index (χ1v) is 7.55. The third kappa shape index (κ3) is 4.09. The van der Waals surface area contributed by atoms with Gasteiger partial charge in [0.05, 0.1) is 4.32 Å². The quantitative estimate of drug-likeness (QED) is 0.773. The van der Waals surface area contributed by atoms with Crippen molar-refractivity contribution in [1.82, 2.24) is 5.32 Å². The lowest BCUT2D eigenvalue weighted by molar-refractivity contribution is 0.0500. The number of halogens is 1. The van der Waals surface area contributed by atoms with E-state index in [-0.39, 0.29) is 11.5 Å². The van der Waals surface area contributed by atoms with Gasteiger partial charge in [0, 0.05) is 18.0 Å². The first-order chi connectivity index (χ1) is 8.98. The van der Waals surface area contributed by atoms with Gasteiger partial charge in [0.1, 0.15) is 5.60 Å². The van der Waals surface area contributed by atoms with Crippen LogP contribution in [0.3, 0.4) is 0 Å². The number of allylic oxidation sites excluding steroid dienone is 2. The van der Waals surface area contributed by atoms with E-state index in [1.54, 1.807) is 0 Å². The fourth-order valence-electron chi connectivity index (χ4n) is 2.05. The summed E-state index contributed by atoms with van der Waals surface area (Å²) < 4.78 is 4.85. The summed E-state index contributed by atoms with van der Waals surface area (Å²) in [5.74, 6) is 0. The van der Waals surface area contributed by atoms with Crippen LogP contribution in [0.5, 0.6) is 0 Å². The lowest BCUT2D eigenvalue weighted by Gasteiger charge is -2.44. The molecule has 0 saturated heterocycles. The summed E-state index contributed by atoms with van der Waals surface area (Å²) in [5.41, 5.74) is 5.41. The molecular weight excluding hydrogens is 320 g/mol. The molecule has 0 bridgehead atoms. The zero-order chi connectivity index (χ0) is 15.6. The highest BCUT2D eigenvalue weighted by atomic mass is 79.9. The zero-order valence-corrected chi connectivity index (χ0v) is 14.5. The molecule has 1 rings (SSSR count). The maximum absolute atomic E-state index is 11.8. The van der Waals surface area contributed by atoms with Gasteiger partial charge in [0.2, 0.25) is 0 Å². The topological polar surface area (TPSA) is 64.3 Å². The van der Waals surface area contributed by atoms with Crippen molar-refractivity contribution in [3.63, 3.8) is 0 Å². The van der Waals surface area contributed by atoms with Crippen molar-refractivity contribution in [2.45, 2.75) is 50.6 Å². The predicted octanol–water partition coefficient (Wildman–Crippen LogP) is 3.12. The third-order valence-electron chi connectivity index (χ3n) is 3.36. The molecule has 0 saturated carbocycles. The summed E-state index contributed by atoms with van der Waals surface area (Å²) in [6, 6.07) is -0.150. The highest BCUT2D eigenvalue weighted by Crippen LogP contribution is 2.43. The predicted molar refractivity (Wildman–Crippen MR) is 85.9 cm³/mol. The second-order valence-electron chi connectivity index (χ2n) is 6.78. The Morgan fingerprint density at radius 1 is 1.35 bits per heavy atom. The first-order valence-electron chi connectivity index (χ1n) is 6.75. The maximum Gasteiger partial charge on any atom is 0.407 e. The number of ether oxygens (including phenoxy) is 1. The Kier molecular flexibility index (Phi) is 5.08. The number of rotatable bonds is 3. The minimum atomic E-state index is -0.496. The highest BCUT2D eigenvalue weighted by Gasteiger charge is 2.45. The number of carbonyl (C=O) groups is 1. The van der Waals surface area contributed by atoms with Crippen LogP contribution in [0.4, 0.5) is 4.79 Å². The lowest BCUT2D eigenvalue weighted by atomic mass is 9.73. The van der Waals surface area contributed by atoms with Crippen LogP contribution >= 0.6 is 15.9 Å². The molecule has 0 aromatic heterocycles. The molecule has 0 radical (unpaired) electrons. The minimum absolute atomic E-state index is 0.150. The average molecular weight is 345 g/mol. The van der Waals surface area contributed by atoms with Gasteiger partial charge in [-0.25, -0.2) is 4.79 Å². The standard InChI is InChI=1S/C15H25BrN2O2/c1-13(2,3)20-12(19)18-10-14(4,5)15(16)9-7-6-8-11(15)17/h6-9,11H,10,17H2,1-5H3,(H,18,19). The van der Waals surface area contributed by atoms with E-state index in [4.69, 9.17) is 10.5 Å². The van der Waals surface area contributed by atoms with E-state index < -0.39 is 16.0 Å². The number of carbonyl (C=O) groups excluding carboxylic acids is 1. The molecule has 2 unspecified atom stereocenters. The molecular formula is C15H25BrN2O2. The van der Waals surface area contributed by atoms with E-state index in [1.807, 2.05) is 45.1 Å². The van der Waals surface area contributed by atoms with E-state index in [9.17, 15) is 4.79 Å². The van der Waals surface area contributed by atoms with Crippen molar-refractivity contribution in [3.05, 3.63) is 24.3 Å². The monoisotopic (exact) mass is 344 g/mol. The van der Waals surface area contributed by atoms with Crippen molar-refractivity contribution >= 4 is 22.0 Å². The van der Waals surface area contributed by atoms with Gasteiger partial charge in [-0.3, -0.25) is 0 Å². The molecule has 114 valence electrons. The van der Waals surface area contributed by atoms with Gasteiger partial charge in [-0.2, -0.15) is 0 Å². The second kappa shape index (κ2) is 5.90. The SMILES string of the molecule is CC(C)(C)OC(=O)NCC(C)(C)C1(Br)C=CC=CC1N. The van der Waals surface area contributed by atoms with Crippen LogP contribution in [0.2, 0.25) is 0 Å². The van der Waals surface area contributed by atoms with Gasteiger partial charge in [-0.05, 0) is 20.8 Å². The molecule has 1 aliphatic rings. The maximum atomic E-state index is 11.8. The van der Waals surface area contributed by atoms with E-state index in [1.165, 1.54) is 0 Å². The Bertz CT molecular complexity index is 424. The van der Waals surface area contributed by atoms with Gasteiger partial charge in [-0.15, -0.1) is 0 Å². The molecule has 0 aromatic carbocycles. The molecule has 4 nitrogen and oxygen atoms in total. The smallest absolute Gasteiger partial charge is 0.407 e. The Labute approximate surface area is 129 Å². The number of nitrogens with one attached hydrogen (secondary N) is 1. The van der Waals surface area contributed by atoms with Crippen LogP contribution in [0.1, 0.15) is 34.6 Å². The van der Waals surface area contributed by atoms with E-state index in [2.05, 4.69) is 35.1 Å². The van der Waals surface area contributed by atoms with Crippen molar-refractivity contribution in [2.24, 2.45) is 11.1 Å². The van der Waals surface area contributed by atoms with Crippen molar-refractivity contribution in [2.75, 3.05) is 6.54 Å². The molecule has 5 heteroatoms. The number of nitrogens with two attached hydrogens (primary N) is 1. The average Bonchev–Trinajstić information content (AvgIpc) is 2.28. The lowest BCUT2D eigenvalue weighted by Crippen LogP contribution is -2.55. The second-order valence-corrected chi connectivity index (χ2v) is 8.09. The summed E-state index contributed by atoms with van der Waals surface area (Å²) in [6.45, 7) is 10.1. The molecule has 1 aliphatic carbocycles. The molecule has 0 spiro atoms. The van der Waals surface area contributed by atoms with Gasteiger partial charge in [-0.1, -0.05) is 54.1 Å². The molecule has 0 aromatic rings. The normalized spacial score (nSPS) is 26.4. The molecule has 0 aliphatic heterocycles. The highest BCUT2D eigenvalue weighted by molar-refractivity contribution is 9.10. The summed E-state index contributed by atoms with van der Waals surface area (Å²) in [4.78, 5) is 11.8. The van der Waals surface area contributed by atoms with Crippen LogP contribution in [0.25, 0.3) is 0 Å². The van der Waals surface area contributed by atoms with Crippen LogP contribution in [0.15, 0.2) is 24.3 Å². The Hall–Kier alpha value is -0.810. The van der Waals surface area contributed by atoms with E-state index >= 15 is 0 Å². The van der Waals surface area contributed by atoms with Crippen molar-refractivity contribution in [1.29, 1.82) is 0 Å². The van der Waals surface area contributed by atoms with Crippen molar-refractivity contribution < 1.29 is 9.53 Å². The molecule has 1 amide bonds. The number of alkyl halides is 1. The minimum Gasteiger partial charge on any atom is -0.444 e. The van der Waals surface area contributed by atoms with Crippen molar-refractivity contribution in [3.8, 4) is 0 Å². The number of alkyl carbamates (subject to hydrolysis) is 1. The van der Waals surface area contributed by atoms with E-state index in [0.717, 1.165) is 0 Å². The van der Waals surface area contributed by atoms with Gasteiger partial charge in [0.25, 0.3) is 0 Å². The Balaban J connectivity index is 2.68. The van der Waals surface area contributed by atoms with Gasteiger partial charge >= 0.3 is 6.09 Å². The first kappa shape index (κ1) is 17.2. The van der Waals surface area contributed by atoms with Gasteiger partial charge < -0.3 is 15.8 Å². The van der Waals surface area contributed by atoms with Crippen LogP contribution in [-0.2, 0) is 4.74 Å². The zero-order valence-electron chi connectivity index (χ0n) is 12.9. The summed E-state index contributed by atoms with van der Waals surface area (Å²) in [6.07, 6.45) is 7.47. The van der Waals surface area contributed by atoms with E-state index in [0.29, 0.717) is 6.54 Å². The van der Waals surface area contributed by atoms with Crippen LogP contribution in [-0.4, -0.2) is 28.6 Å². The van der Waals surface area contributed by atoms with Crippen LogP contribution < -0.4 is 11.1 Å². The summed E-state index contributed by atoms with van der Waals surface area (Å²) >= 11 is 3.74. The molecule has 2 atom stereocenters. The fourth-order valence-corrected chi connectivity index (χ4v) is 2.50. The molecule has 3 N–H and O–H groups in total. The third-order valence-corrected chi connectivity index (χ3v) is 5.23. The fraction of sp³-hybridized carbons (Fsp3) is 0.667. The Morgan fingerprint density at radius 2 is 1.95 bits per heavy atom. The summed E-state index contributed by atoms with van der Waals surface area (Å²) in [5, 5.41) is 2.82. The summed E-state index contributed by atoms with van der Waals surface area (Å²) in [7, 11) is 0. The molecule has 20 heavy (non-hydrogen) atoms. The number of amides is 1. The Morgan fingerprint density at radius 3 is 2.45 bits per heavy atom. The van der Waals surface area contributed by atoms with Crippen LogP contribution in [0, 0.1) is 5.41 Å². The number of hydrogen-bond donors (Lipinski definition) is 2. The molecule has 0 heterocycles. The van der Waals surface area contributed by atoms with Gasteiger partial charge in [0.15, 0.2) is 0 Å². The molecule has 0 fully saturated rings. The number of hydrogen-bond acceptors (Lipinski definition) is 3.